The molecular weight excluding hydrogens is 416 g/mol. The van der Waals surface area contributed by atoms with E-state index < -0.39 is 48.4 Å². The molecule has 7 atom stereocenters. The summed E-state index contributed by atoms with van der Waals surface area (Å²) in [4.78, 5) is 23.5. The number of aliphatic hydroxyl groups excluding tert-OH is 3. The summed E-state index contributed by atoms with van der Waals surface area (Å²) in [6, 6.07) is 0. The third-order valence-corrected chi connectivity index (χ3v) is 6.42. The summed E-state index contributed by atoms with van der Waals surface area (Å²) in [5.74, 6) is -1.50. The van der Waals surface area contributed by atoms with Gasteiger partial charge in [-0.25, -0.2) is 4.79 Å². The zero-order valence-corrected chi connectivity index (χ0v) is 19.4. The number of carboxylic acids is 1. The lowest BCUT2D eigenvalue weighted by Gasteiger charge is -2.43. The van der Waals surface area contributed by atoms with Gasteiger partial charge in [-0.1, -0.05) is 25.2 Å². The summed E-state index contributed by atoms with van der Waals surface area (Å²) in [7, 11) is 0. The normalized spacial score (nSPS) is 29.6. The first-order valence-electron chi connectivity index (χ1n) is 11.5. The molecule has 32 heavy (non-hydrogen) atoms. The molecular formula is C24H38O8. The highest BCUT2D eigenvalue weighted by Crippen LogP contribution is 2.44. The number of esters is 1. The Morgan fingerprint density at radius 1 is 1.25 bits per heavy atom. The Bertz CT molecular complexity index is 713. The fourth-order valence-corrected chi connectivity index (χ4v) is 4.79. The third-order valence-electron chi connectivity index (χ3n) is 6.42. The van der Waals surface area contributed by atoms with E-state index in [9.17, 15) is 24.9 Å². The number of hydrogen-bond acceptors (Lipinski definition) is 7. The first kappa shape index (κ1) is 26.5. The van der Waals surface area contributed by atoms with E-state index in [2.05, 4.69) is 13.0 Å². The highest BCUT2D eigenvalue weighted by atomic mass is 16.6. The monoisotopic (exact) mass is 454 g/mol. The number of rotatable bonds is 11. The van der Waals surface area contributed by atoms with Gasteiger partial charge in [0.05, 0.1) is 24.7 Å². The summed E-state index contributed by atoms with van der Waals surface area (Å²) in [6.07, 6.45) is 3.53. The van der Waals surface area contributed by atoms with Gasteiger partial charge in [-0.15, -0.1) is 0 Å². The molecule has 0 fully saturated rings. The number of fused-ring (bicyclic) bond motifs is 1. The summed E-state index contributed by atoms with van der Waals surface area (Å²) < 4.78 is 11.4. The number of allylic oxidation sites excluding steroid dienone is 2. The summed E-state index contributed by atoms with van der Waals surface area (Å²) in [5, 5.41) is 39.2. The molecule has 0 radical (unpaired) electrons. The summed E-state index contributed by atoms with van der Waals surface area (Å²) in [5.41, 5.74) is -0.178. The second kappa shape index (κ2) is 11.4. The van der Waals surface area contributed by atoms with E-state index in [4.69, 9.17) is 14.6 Å². The van der Waals surface area contributed by atoms with Gasteiger partial charge in [-0.2, -0.15) is 0 Å². The molecule has 0 spiro atoms. The van der Waals surface area contributed by atoms with Gasteiger partial charge < -0.3 is 29.9 Å². The summed E-state index contributed by atoms with van der Waals surface area (Å²) in [6.45, 7) is 7.57. The van der Waals surface area contributed by atoms with Crippen LogP contribution >= 0.6 is 0 Å². The zero-order chi connectivity index (χ0) is 24.1. The van der Waals surface area contributed by atoms with E-state index >= 15 is 0 Å². The van der Waals surface area contributed by atoms with Crippen molar-refractivity contribution in [2.75, 3.05) is 6.61 Å². The van der Waals surface area contributed by atoms with Crippen LogP contribution in [0.5, 0.6) is 0 Å². The van der Waals surface area contributed by atoms with Crippen molar-refractivity contribution < 1.29 is 39.5 Å². The standard InChI is InChI=1S/C24H38O8/c1-5-31-24(3,4)23(30)32-20-12-17(26)10-15-7-6-14(2)19(22(15)20)9-8-16(25)11-18(27)13-21(28)29/h6-7,10,14,16-20,22,25-27H,5,8-9,11-13H2,1-4H3,(H,28,29). The second-order valence-electron chi connectivity index (χ2n) is 9.48. The van der Waals surface area contributed by atoms with Gasteiger partial charge in [0.15, 0.2) is 5.60 Å². The molecule has 0 aromatic rings. The van der Waals surface area contributed by atoms with Crippen molar-refractivity contribution >= 4 is 11.9 Å². The predicted molar refractivity (Wildman–Crippen MR) is 118 cm³/mol. The zero-order valence-electron chi connectivity index (χ0n) is 19.4. The van der Waals surface area contributed by atoms with Crippen molar-refractivity contribution in [2.24, 2.45) is 17.8 Å². The van der Waals surface area contributed by atoms with Gasteiger partial charge in [-0.3, -0.25) is 4.79 Å². The Morgan fingerprint density at radius 2 is 1.94 bits per heavy atom. The Kier molecular flexibility index (Phi) is 9.45. The lowest BCUT2D eigenvalue weighted by Crippen LogP contribution is -2.46. The van der Waals surface area contributed by atoms with Crippen LogP contribution in [0.4, 0.5) is 0 Å². The van der Waals surface area contributed by atoms with E-state index in [1.165, 1.54) is 0 Å². The highest BCUT2D eigenvalue weighted by molar-refractivity contribution is 5.78. The van der Waals surface area contributed by atoms with E-state index in [0.29, 0.717) is 25.9 Å². The molecule has 0 aromatic carbocycles. The maximum atomic E-state index is 12.8. The molecule has 2 rings (SSSR count). The first-order chi connectivity index (χ1) is 14.9. The van der Waals surface area contributed by atoms with Crippen molar-refractivity contribution in [3.8, 4) is 0 Å². The lowest BCUT2D eigenvalue weighted by molar-refractivity contribution is -0.178. The minimum Gasteiger partial charge on any atom is -0.481 e. The van der Waals surface area contributed by atoms with Gasteiger partial charge in [0.25, 0.3) is 0 Å². The average Bonchev–Trinajstić information content (AvgIpc) is 2.66. The van der Waals surface area contributed by atoms with E-state index in [1.807, 2.05) is 13.0 Å². The van der Waals surface area contributed by atoms with Gasteiger partial charge in [-0.05, 0) is 57.4 Å². The maximum Gasteiger partial charge on any atom is 0.338 e. The Hall–Kier alpha value is -1.74. The van der Waals surface area contributed by atoms with E-state index in [-0.39, 0.29) is 24.2 Å². The van der Waals surface area contributed by atoms with Crippen molar-refractivity contribution in [3.05, 3.63) is 23.8 Å². The van der Waals surface area contributed by atoms with Crippen LogP contribution < -0.4 is 0 Å². The van der Waals surface area contributed by atoms with Crippen LogP contribution in [0.1, 0.15) is 59.8 Å². The number of aliphatic hydroxyl groups is 3. The molecule has 2 aliphatic rings. The van der Waals surface area contributed by atoms with E-state index in [1.54, 1.807) is 19.9 Å². The Morgan fingerprint density at radius 3 is 2.56 bits per heavy atom. The van der Waals surface area contributed by atoms with Gasteiger partial charge in [0.2, 0.25) is 0 Å². The fourth-order valence-electron chi connectivity index (χ4n) is 4.79. The number of hydrogen-bond donors (Lipinski definition) is 4. The Labute approximate surface area is 189 Å². The second-order valence-corrected chi connectivity index (χ2v) is 9.48. The van der Waals surface area contributed by atoms with Gasteiger partial charge in [0.1, 0.15) is 6.10 Å². The number of carboxylic acid groups (broad SMARTS) is 1. The van der Waals surface area contributed by atoms with Crippen LogP contribution in [-0.2, 0) is 19.1 Å². The third kappa shape index (κ3) is 7.13. The maximum absolute atomic E-state index is 12.8. The molecule has 0 saturated heterocycles. The number of carbonyl (C=O) groups excluding carboxylic acids is 1. The molecule has 0 saturated carbocycles. The average molecular weight is 455 g/mol. The minimum absolute atomic E-state index is 0.00369. The van der Waals surface area contributed by atoms with Crippen molar-refractivity contribution in [1.82, 2.24) is 0 Å². The van der Waals surface area contributed by atoms with E-state index in [0.717, 1.165) is 5.57 Å². The molecule has 182 valence electrons. The quantitative estimate of drug-likeness (QED) is 0.349. The number of aliphatic carboxylic acids is 1. The van der Waals surface area contributed by atoms with Crippen LogP contribution in [-0.4, -0.2) is 69.0 Å². The van der Waals surface area contributed by atoms with Crippen LogP contribution in [0.2, 0.25) is 0 Å². The molecule has 0 aliphatic heterocycles. The fraction of sp³-hybridized carbons (Fsp3) is 0.750. The molecule has 4 N–H and O–H groups in total. The van der Waals surface area contributed by atoms with Gasteiger partial charge >= 0.3 is 11.9 Å². The largest absolute Gasteiger partial charge is 0.481 e. The van der Waals surface area contributed by atoms with Crippen LogP contribution in [0.25, 0.3) is 0 Å². The van der Waals surface area contributed by atoms with Crippen LogP contribution in [0, 0.1) is 17.8 Å². The molecule has 0 amide bonds. The number of carbonyl (C=O) groups is 2. The lowest BCUT2D eigenvalue weighted by atomic mass is 9.66. The molecule has 8 heteroatoms. The molecule has 0 heterocycles. The topological polar surface area (TPSA) is 134 Å². The minimum atomic E-state index is -1.11. The summed E-state index contributed by atoms with van der Waals surface area (Å²) >= 11 is 0. The highest BCUT2D eigenvalue weighted by Gasteiger charge is 2.43. The Balaban J connectivity index is 2.12. The van der Waals surface area contributed by atoms with Crippen molar-refractivity contribution in [2.45, 2.75) is 89.8 Å². The SMILES string of the molecule is CCOC(C)(C)C(=O)OC1CC(O)C=C2C=CC(C)C(CCC(O)CC(O)CC(=O)O)C21. The molecule has 7 unspecified atom stereocenters. The number of ether oxygens (including phenoxy) is 2. The van der Waals surface area contributed by atoms with Gasteiger partial charge in [0, 0.05) is 18.9 Å². The van der Waals surface area contributed by atoms with Crippen LogP contribution in [0.3, 0.4) is 0 Å². The molecule has 0 aromatic heterocycles. The smallest absolute Gasteiger partial charge is 0.338 e. The molecule has 2 aliphatic carbocycles. The molecule has 0 bridgehead atoms. The van der Waals surface area contributed by atoms with Crippen LogP contribution in [0.15, 0.2) is 23.8 Å². The molecule has 8 nitrogen and oxygen atoms in total. The van der Waals surface area contributed by atoms with Crippen molar-refractivity contribution in [3.63, 3.8) is 0 Å². The first-order valence-corrected chi connectivity index (χ1v) is 11.5. The predicted octanol–water partition coefficient (Wildman–Crippen LogP) is 2.21. The van der Waals surface area contributed by atoms with Crippen molar-refractivity contribution in [1.29, 1.82) is 0 Å².